The Morgan fingerprint density at radius 1 is 1.19 bits per heavy atom. The van der Waals surface area contributed by atoms with Crippen molar-refractivity contribution in [2.75, 3.05) is 31.2 Å². The normalized spacial score (nSPS) is 24.1. The van der Waals surface area contributed by atoms with Crippen LogP contribution in [-0.4, -0.2) is 55.4 Å². The Hall–Kier alpha value is -2.12. The van der Waals surface area contributed by atoms with Gasteiger partial charge in [-0.1, -0.05) is 26.8 Å². The zero-order chi connectivity index (χ0) is 19.2. The van der Waals surface area contributed by atoms with Crippen molar-refractivity contribution in [1.29, 1.82) is 0 Å². The fourth-order valence-electron chi connectivity index (χ4n) is 3.64. The highest BCUT2D eigenvalue weighted by Crippen LogP contribution is 2.31. The first-order chi connectivity index (χ1) is 12.8. The number of nitrogens with one attached hydrogen (secondary N) is 1. The monoisotopic (exact) mass is 373 g/mol. The van der Waals surface area contributed by atoms with Gasteiger partial charge in [-0.05, 0) is 23.1 Å². The number of carbonyl (C=O) groups is 1. The van der Waals surface area contributed by atoms with Crippen molar-refractivity contribution in [3.8, 4) is 0 Å². The molecule has 27 heavy (non-hydrogen) atoms. The van der Waals surface area contributed by atoms with Gasteiger partial charge < -0.3 is 24.1 Å². The van der Waals surface area contributed by atoms with E-state index in [0.717, 1.165) is 11.1 Å². The SMILES string of the molecule is CC(=O)NC1CO[C@H]2CN(c3nc4cc(C(C)(C)C)ccc4o3)C[C@@H]2OC1. The number of benzene rings is 1. The van der Waals surface area contributed by atoms with Gasteiger partial charge in [0.15, 0.2) is 5.58 Å². The zero-order valence-corrected chi connectivity index (χ0v) is 16.3. The van der Waals surface area contributed by atoms with Crippen molar-refractivity contribution >= 4 is 23.0 Å². The number of hydrogen-bond donors (Lipinski definition) is 1. The molecule has 0 radical (unpaired) electrons. The fraction of sp³-hybridized carbons (Fsp3) is 0.600. The minimum Gasteiger partial charge on any atom is -0.423 e. The number of amides is 1. The van der Waals surface area contributed by atoms with Crippen LogP contribution < -0.4 is 10.2 Å². The first-order valence-electron chi connectivity index (χ1n) is 9.46. The molecule has 0 bridgehead atoms. The van der Waals surface area contributed by atoms with Crippen LogP contribution in [0.15, 0.2) is 22.6 Å². The first-order valence-corrected chi connectivity index (χ1v) is 9.46. The van der Waals surface area contributed by atoms with Crippen LogP contribution >= 0.6 is 0 Å². The Morgan fingerprint density at radius 3 is 2.44 bits per heavy atom. The maximum Gasteiger partial charge on any atom is 0.298 e. The van der Waals surface area contributed by atoms with Gasteiger partial charge in [0.05, 0.1) is 32.3 Å². The lowest BCUT2D eigenvalue weighted by molar-refractivity contribution is -0.120. The minimum absolute atomic E-state index is 0.0519. The number of nitrogens with zero attached hydrogens (tertiary/aromatic N) is 2. The lowest BCUT2D eigenvalue weighted by atomic mass is 9.87. The molecule has 0 unspecified atom stereocenters. The highest BCUT2D eigenvalue weighted by Gasteiger charge is 2.39. The Labute approximate surface area is 159 Å². The molecule has 2 aliphatic rings. The van der Waals surface area contributed by atoms with E-state index >= 15 is 0 Å². The van der Waals surface area contributed by atoms with E-state index in [1.165, 1.54) is 12.5 Å². The molecule has 1 amide bonds. The maximum absolute atomic E-state index is 11.2. The third-order valence-corrected chi connectivity index (χ3v) is 5.16. The van der Waals surface area contributed by atoms with E-state index in [2.05, 4.69) is 43.1 Å². The summed E-state index contributed by atoms with van der Waals surface area (Å²) in [6, 6.07) is 6.70. The van der Waals surface area contributed by atoms with Gasteiger partial charge in [-0.15, -0.1) is 0 Å². The average molecular weight is 373 g/mol. The molecule has 1 aromatic carbocycles. The number of rotatable bonds is 2. The van der Waals surface area contributed by atoms with Crippen molar-refractivity contribution in [2.45, 2.75) is 51.4 Å². The molecule has 2 saturated heterocycles. The number of ether oxygens (including phenoxy) is 2. The van der Waals surface area contributed by atoms with Crippen molar-refractivity contribution in [2.24, 2.45) is 0 Å². The smallest absolute Gasteiger partial charge is 0.298 e. The van der Waals surface area contributed by atoms with Crippen molar-refractivity contribution in [1.82, 2.24) is 10.3 Å². The van der Waals surface area contributed by atoms with E-state index in [1.807, 2.05) is 6.07 Å². The lowest BCUT2D eigenvalue weighted by Gasteiger charge is -2.18. The van der Waals surface area contributed by atoms with Crippen LogP contribution in [0.3, 0.4) is 0 Å². The molecule has 7 heteroatoms. The first kappa shape index (κ1) is 18.3. The van der Waals surface area contributed by atoms with Gasteiger partial charge in [0.1, 0.15) is 17.7 Å². The summed E-state index contributed by atoms with van der Waals surface area (Å²) >= 11 is 0. The Morgan fingerprint density at radius 2 is 1.85 bits per heavy atom. The molecular formula is C20H27N3O4. The van der Waals surface area contributed by atoms with Gasteiger partial charge in [-0.3, -0.25) is 4.79 Å². The summed E-state index contributed by atoms with van der Waals surface area (Å²) in [5.74, 6) is -0.0676. The number of fused-ring (bicyclic) bond motifs is 2. The maximum atomic E-state index is 11.2. The largest absolute Gasteiger partial charge is 0.423 e. The summed E-state index contributed by atoms with van der Waals surface area (Å²) in [4.78, 5) is 18.0. The standard InChI is InChI=1S/C20H27N3O4/c1-12(24)21-14-10-25-17-8-23(9-18(17)26-11-14)19-22-15-7-13(20(2,3)4)5-6-16(15)27-19/h5-7,14,17-18H,8-11H2,1-4H3,(H,21,24)/t17-,18-/m0/s1. The van der Waals surface area contributed by atoms with Gasteiger partial charge >= 0.3 is 0 Å². The molecule has 1 aromatic heterocycles. The molecule has 4 rings (SSSR count). The van der Waals surface area contributed by atoms with E-state index in [-0.39, 0.29) is 29.6 Å². The predicted octanol–water partition coefficient (Wildman–Crippen LogP) is 2.23. The molecule has 1 N–H and O–H groups in total. The van der Waals surface area contributed by atoms with Gasteiger partial charge in [-0.2, -0.15) is 4.98 Å². The molecule has 0 aliphatic carbocycles. The minimum atomic E-state index is -0.0957. The third-order valence-electron chi connectivity index (χ3n) is 5.16. The molecule has 7 nitrogen and oxygen atoms in total. The molecule has 2 atom stereocenters. The van der Waals surface area contributed by atoms with Crippen molar-refractivity contribution in [3.05, 3.63) is 23.8 Å². The second-order valence-electron chi connectivity index (χ2n) is 8.47. The Balaban J connectivity index is 1.47. The fourth-order valence-corrected chi connectivity index (χ4v) is 3.64. The number of aromatic nitrogens is 1. The molecule has 146 valence electrons. The van der Waals surface area contributed by atoms with Crippen LogP contribution in [0.1, 0.15) is 33.3 Å². The van der Waals surface area contributed by atoms with Crippen LogP contribution in [-0.2, 0) is 19.7 Å². The quantitative estimate of drug-likeness (QED) is 0.870. The van der Waals surface area contributed by atoms with Crippen LogP contribution in [0.4, 0.5) is 6.01 Å². The van der Waals surface area contributed by atoms with E-state index in [0.29, 0.717) is 32.3 Å². The predicted molar refractivity (Wildman–Crippen MR) is 102 cm³/mol. The summed E-state index contributed by atoms with van der Waals surface area (Å²) in [6.45, 7) is 10.3. The zero-order valence-electron chi connectivity index (χ0n) is 16.3. The summed E-state index contributed by atoms with van der Waals surface area (Å²) in [6.07, 6.45) is -0.104. The van der Waals surface area contributed by atoms with E-state index in [9.17, 15) is 4.79 Å². The molecule has 2 aliphatic heterocycles. The van der Waals surface area contributed by atoms with Crippen LogP contribution in [0.2, 0.25) is 0 Å². The van der Waals surface area contributed by atoms with Gasteiger partial charge in [0, 0.05) is 6.92 Å². The lowest BCUT2D eigenvalue weighted by Crippen LogP contribution is -2.40. The third kappa shape index (κ3) is 3.80. The molecule has 0 spiro atoms. The van der Waals surface area contributed by atoms with E-state index in [4.69, 9.17) is 18.9 Å². The molecule has 3 heterocycles. The van der Waals surface area contributed by atoms with Crippen LogP contribution in [0.25, 0.3) is 11.1 Å². The van der Waals surface area contributed by atoms with Crippen LogP contribution in [0.5, 0.6) is 0 Å². The Bertz CT molecular complexity index is 825. The molecule has 2 fully saturated rings. The van der Waals surface area contributed by atoms with Crippen LogP contribution in [0, 0.1) is 0 Å². The Kier molecular flexibility index (Phi) is 4.60. The van der Waals surface area contributed by atoms with Gasteiger partial charge in [0.2, 0.25) is 5.91 Å². The molecule has 0 saturated carbocycles. The summed E-state index contributed by atoms with van der Waals surface area (Å²) in [5, 5.41) is 2.86. The molecular weight excluding hydrogens is 346 g/mol. The number of hydrogen-bond acceptors (Lipinski definition) is 6. The van der Waals surface area contributed by atoms with Gasteiger partial charge in [0.25, 0.3) is 6.01 Å². The second kappa shape index (κ2) is 6.80. The highest BCUT2D eigenvalue weighted by atomic mass is 16.6. The highest BCUT2D eigenvalue weighted by molar-refractivity contribution is 5.76. The second-order valence-corrected chi connectivity index (χ2v) is 8.47. The summed E-state index contributed by atoms with van der Waals surface area (Å²) in [7, 11) is 0. The number of oxazole rings is 1. The summed E-state index contributed by atoms with van der Waals surface area (Å²) < 4.78 is 17.9. The average Bonchev–Trinajstić information content (AvgIpc) is 3.15. The van der Waals surface area contributed by atoms with Crippen molar-refractivity contribution < 1.29 is 18.7 Å². The summed E-state index contributed by atoms with van der Waals surface area (Å²) in [5.41, 5.74) is 2.96. The van der Waals surface area contributed by atoms with Crippen molar-refractivity contribution in [3.63, 3.8) is 0 Å². The van der Waals surface area contributed by atoms with E-state index in [1.54, 1.807) is 0 Å². The van der Waals surface area contributed by atoms with E-state index < -0.39 is 0 Å². The number of anilines is 1. The topological polar surface area (TPSA) is 76.8 Å². The molecule has 2 aromatic rings. The number of carbonyl (C=O) groups excluding carboxylic acids is 1. The van der Waals surface area contributed by atoms with Gasteiger partial charge in [-0.25, -0.2) is 0 Å².